The zero-order valence-electron chi connectivity index (χ0n) is 24.1. The van der Waals surface area contributed by atoms with Crippen molar-refractivity contribution in [3.8, 4) is 11.5 Å². The summed E-state index contributed by atoms with van der Waals surface area (Å²) in [6, 6.07) is 15.2. The van der Waals surface area contributed by atoms with Gasteiger partial charge in [-0.3, -0.25) is 4.79 Å². The number of Topliss-reactive ketones (excluding diaryl/α,β-unsaturated/α-hetero) is 1. The van der Waals surface area contributed by atoms with E-state index >= 15 is 0 Å². The maximum atomic E-state index is 12.8. The largest absolute Gasteiger partial charge is 0.494 e. The van der Waals surface area contributed by atoms with Gasteiger partial charge in [0.2, 0.25) is 0 Å². The number of unbranched alkanes of at least 4 members (excludes halogenated alkanes) is 11. The molecule has 2 aromatic carbocycles. The van der Waals surface area contributed by atoms with Crippen LogP contribution in [0.15, 0.2) is 48.5 Å². The molecule has 0 heterocycles. The molecular formula is C34H50O4. The van der Waals surface area contributed by atoms with Crippen molar-refractivity contribution in [3.63, 3.8) is 0 Å². The van der Waals surface area contributed by atoms with Gasteiger partial charge in [0.05, 0.1) is 13.2 Å². The van der Waals surface area contributed by atoms with Gasteiger partial charge in [-0.15, -0.1) is 0 Å². The Balaban J connectivity index is 1.83. The number of rotatable bonds is 22. The molecule has 38 heavy (non-hydrogen) atoms. The molecule has 0 spiro atoms. The summed E-state index contributed by atoms with van der Waals surface area (Å²) < 4.78 is 11.7. The van der Waals surface area contributed by atoms with Crippen LogP contribution in [-0.2, 0) is 21.4 Å². The standard InChI is InChI=1S/C34H50O4/c1-4-6-8-9-10-11-12-13-14-16-26-38-33-23-19-31(20-24-33)34(28-35,29(3)36)27-30-17-21-32(22-18-30)37-25-15-7-5-2/h17-24,28H,4-16,25-27H2,1-3H3. The molecular weight excluding hydrogens is 472 g/mol. The topological polar surface area (TPSA) is 52.6 Å². The van der Waals surface area contributed by atoms with Gasteiger partial charge in [0.15, 0.2) is 0 Å². The number of carbonyl (C=O) groups is 2. The van der Waals surface area contributed by atoms with Crippen LogP contribution in [-0.4, -0.2) is 25.3 Å². The summed E-state index contributed by atoms with van der Waals surface area (Å²) in [6.45, 7) is 7.31. The lowest BCUT2D eigenvalue weighted by molar-refractivity contribution is -0.128. The summed E-state index contributed by atoms with van der Waals surface area (Å²) in [5.74, 6) is 1.43. The minimum Gasteiger partial charge on any atom is -0.494 e. The Bertz CT molecular complexity index is 903. The smallest absolute Gasteiger partial charge is 0.147 e. The quantitative estimate of drug-likeness (QED) is 0.0880. The molecule has 2 aromatic rings. The number of ether oxygens (including phenoxy) is 2. The number of carbonyl (C=O) groups excluding carboxylic acids is 2. The highest BCUT2D eigenvalue weighted by molar-refractivity contribution is 6.03. The minimum absolute atomic E-state index is 0.161. The Morgan fingerprint density at radius 3 is 1.55 bits per heavy atom. The molecule has 0 fully saturated rings. The van der Waals surface area contributed by atoms with Crippen molar-refractivity contribution in [2.75, 3.05) is 13.2 Å². The first-order valence-electron chi connectivity index (χ1n) is 15.0. The van der Waals surface area contributed by atoms with E-state index in [-0.39, 0.29) is 5.78 Å². The van der Waals surface area contributed by atoms with Crippen molar-refractivity contribution in [3.05, 3.63) is 59.7 Å². The average molecular weight is 523 g/mol. The van der Waals surface area contributed by atoms with Crippen LogP contribution in [0.5, 0.6) is 11.5 Å². The number of aldehydes is 1. The van der Waals surface area contributed by atoms with Gasteiger partial charge in [-0.05, 0) is 61.6 Å². The molecule has 1 unspecified atom stereocenters. The second-order valence-corrected chi connectivity index (χ2v) is 10.6. The molecule has 4 heteroatoms. The molecule has 0 aromatic heterocycles. The summed E-state index contributed by atoms with van der Waals surface area (Å²) in [6.07, 6.45) is 17.4. The zero-order valence-corrected chi connectivity index (χ0v) is 24.1. The second kappa shape index (κ2) is 18.6. The van der Waals surface area contributed by atoms with Crippen LogP contribution >= 0.6 is 0 Å². The van der Waals surface area contributed by atoms with Gasteiger partial charge < -0.3 is 14.3 Å². The van der Waals surface area contributed by atoms with Crippen molar-refractivity contribution in [2.24, 2.45) is 0 Å². The average Bonchev–Trinajstić information content (AvgIpc) is 2.94. The summed E-state index contributed by atoms with van der Waals surface area (Å²) in [7, 11) is 0. The van der Waals surface area contributed by atoms with E-state index < -0.39 is 5.41 Å². The lowest BCUT2D eigenvalue weighted by atomic mass is 9.74. The molecule has 0 aliphatic rings. The first kappa shape index (κ1) is 31.6. The summed E-state index contributed by atoms with van der Waals surface area (Å²) >= 11 is 0. The van der Waals surface area contributed by atoms with Gasteiger partial charge in [0.1, 0.15) is 29.0 Å². The van der Waals surface area contributed by atoms with Crippen LogP contribution in [0, 0.1) is 0 Å². The highest BCUT2D eigenvalue weighted by Crippen LogP contribution is 2.30. The molecule has 0 amide bonds. The first-order valence-corrected chi connectivity index (χ1v) is 15.0. The Morgan fingerprint density at radius 2 is 1.08 bits per heavy atom. The third-order valence-corrected chi connectivity index (χ3v) is 7.39. The normalized spacial score (nSPS) is 12.6. The minimum atomic E-state index is -1.21. The van der Waals surface area contributed by atoms with Gasteiger partial charge in [-0.25, -0.2) is 0 Å². The second-order valence-electron chi connectivity index (χ2n) is 10.6. The molecule has 0 aliphatic heterocycles. The lowest BCUT2D eigenvalue weighted by Gasteiger charge is -2.26. The van der Waals surface area contributed by atoms with Crippen LogP contribution in [0.25, 0.3) is 0 Å². The van der Waals surface area contributed by atoms with Crippen LogP contribution in [0.4, 0.5) is 0 Å². The van der Waals surface area contributed by atoms with E-state index in [1.54, 1.807) is 0 Å². The first-order chi connectivity index (χ1) is 18.6. The summed E-state index contributed by atoms with van der Waals surface area (Å²) in [5, 5.41) is 0. The lowest BCUT2D eigenvalue weighted by Crippen LogP contribution is -2.38. The van der Waals surface area contributed by atoms with Crippen molar-refractivity contribution in [2.45, 2.75) is 116 Å². The Hall–Kier alpha value is -2.62. The third kappa shape index (κ3) is 11.0. The maximum absolute atomic E-state index is 12.8. The molecule has 0 bridgehead atoms. The fraction of sp³-hybridized carbons (Fsp3) is 0.588. The van der Waals surface area contributed by atoms with Crippen molar-refractivity contribution in [1.29, 1.82) is 0 Å². The number of ketones is 1. The summed E-state index contributed by atoms with van der Waals surface area (Å²) in [4.78, 5) is 25.1. The van der Waals surface area contributed by atoms with E-state index in [4.69, 9.17) is 9.47 Å². The van der Waals surface area contributed by atoms with E-state index in [1.165, 1.54) is 64.7 Å². The molecule has 210 valence electrons. The van der Waals surface area contributed by atoms with Crippen LogP contribution in [0.2, 0.25) is 0 Å². The number of hydrogen-bond acceptors (Lipinski definition) is 4. The molecule has 0 radical (unpaired) electrons. The monoisotopic (exact) mass is 522 g/mol. The zero-order chi connectivity index (χ0) is 27.5. The predicted molar refractivity (Wildman–Crippen MR) is 157 cm³/mol. The van der Waals surface area contributed by atoms with E-state index in [0.29, 0.717) is 25.2 Å². The SMILES string of the molecule is CCCCCCCCCCCCOc1ccc(C(C=O)(Cc2ccc(OCCCCC)cc2)C(C)=O)cc1. The van der Waals surface area contributed by atoms with Gasteiger partial charge >= 0.3 is 0 Å². The van der Waals surface area contributed by atoms with Gasteiger partial charge in [-0.1, -0.05) is 109 Å². The Kier molecular flexibility index (Phi) is 15.5. The molecule has 0 N–H and O–H groups in total. The van der Waals surface area contributed by atoms with E-state index in [0.717, 1.165) is 49.0 Å². The predicted octanol–water partition coefficient (Wildman–Crippen LogP) is 8.82. The van der Waals surface area contributed by atoms with Gasteiger partial charge in [-0.2, -0.15) is 0 Å². The van der Waals surface area contributed by atoms with E-state index in [2.05, 4.69) is 13.8 Å². The van der Waals surface area contributed by atoms with E-state index in [1.807, 2.05) is 48.5 Å². The Labute approximate surface area is 231 Å². The third-order valence-electron chi connectivity index (χ3n) is 7.39. The fourth-order valence-electron chi connectivity index (χ4n) is 4.82. The molecule has 0 saturated heterocycles. The van der Waals surface area contributed by atoms with Crippen LogP contribution in [0.1, 0.15) is 115 Å². The fourth-order valence-corrected chi connectivity index (χ4v) is 4.82. The van der Waals surface area contributed by atoms with Crippen molar-refractivity contribution in [1.82, 2.24) is 0 Å². The highest BCUT2D eigenvalue weighted by Gasteiger charge is 2.37. The van der Waals surface area contributed by atoms with Crippen LogP contribution < -0.4 is 9.47 Å². The van der Waals surface area contributed by atoms with Crippen LogP contribution in [0.3, 0.4) is 0 Å². The molecule has 0 aliphatic carbocycles. The molecule has 2 rings (SSSR count). The highest BCUT2D eigenvalue weighted by atomic mass is 16.5. The summed E-state index contributed by atoms with van der Waals surface area (Å²) in [5.41, 5.74) is 0.416. The van der Waals surface area contributed by atoms with Crippen molar-refractivity contribution >= 4 is 12.1 Å². The van der Waals surface area contributed by atoms with Crippen molar-refractivity contribution < 1.29 is 19.1 Å². The van der Waals surface area contributed by atoms with E-state index in [9.17, 15) is 9.59 Å². The number of benzene rings is 2. The van der Waals surface area contributed by atoms with Gasteiger partial charge in [0.25, 0.3) is 0 Å². The van der Waals surface area contributed by atoms with Gasteiger partial charge in [0, 0.05) is 0 Å². The number of hydrogen-bond donors (Lipinski definition) is 0. The Morgan fingerprint density at radius 1 is 0.658 bits per heavy atom. The molecule has 0 saturated carbocycles. The molecule has 1 atom stereocenters. The molecule has 4 nitrogen and oxygen atoms in total. The maximum Gasteiger partial charge on any atom is 0.147 e.